The van der Waals surface area contributed by atoms with Gasteiger partial charge in [-0.2, -0.15) is 0 Å². The molecule has 0 aromatic heterocycles. The third-order valence-electron chi connectivity index (χ3n) is 3.14. The second kappa shape index (κ2) is 3.66. The van der Waals surface area contributed by atoms with E-state index in [0.717, 1.165) is 18.4 Å². The largest absolute Gasteiger partial charge is 0.465 e. The summed E-state index contributed by atoms with van der Waals surface area (Å²) in [5.41, 5.74) is 10.0. The third-order valence-corrected chi connectivity index (χ3v) is 3.14. The standard InChI is InChI=1S/C12H15NO2/c1-7-8-5-6-11(13)10(8)4-3-9(7)12(14)15-2/h3-4,11H,5-6,13H2,1-2H3/t11-/m0/s1. The average Bonchev–Trinajstić information content (AvgIpc) is 2.61. The van der Waals surface area contributed by atoms with Crippen LogP contribution in [0.5, 0.6) is 0 Å². The molecule has 0 amide bonds. The van der Waals surface area contributed by atoms with Gasteiger partial charge in [-0.15, -0.1) is 0 Å². The lowest BCUT2D eigenvalue weighted by atomic mass is 9.98. The number of fused-ring (bicyclic) bond motifs is 1. The highest BCUT2D eigenvalue weighted by molar-refractivity contribution is 5.91. The zero-order valence-corrected chi connectivity index (χ0v) is 9.04. The Morgan fingerprint density at radius 3 is 2.93 bits per heavy atom. The molecule has 0 saturated carbocycles. The number of rotatable bonds is 1. The van der Waals surface area contributed by atoms with Crippen LogP contribution in [0.3, 0.4) is 0 Å². The van der Waals surface area contributed by atoms with Crippen molar-refractivity contribution in [3.05, 3.63) is 34.4 Å². The number of benzene rings is 1. The Kier molecular flexibility index (Phi) is 2.49. The normalized spacial score (nSPS) is 18.7. The Morgan fingerprint density at radius 1 is 1.53 bits per heavy atom. The van der Waals surface area contributed by atoms with Crippen LogP contribution >= 0.6 is 0 Å². The smallest absolute Gasteiger partial charge is 0.338 e. The molecule has 0 aliphatic heterocycles. The van der Waals surface area contributed by atoms with Gasteiger partial charge < -0.3 is 10.5 Å². The first-order chi connectivity index (χ1) is 7.15. The second-order valence-electron chi connectivity index (χ2n) is 3.94. The molecule has 0 unspecified atom stereocenters. The molecule has 1 aliphatic rings. The van der Waals surface area contributed by atoms with Crippen LogP contribution in [0.1, 0.15) is 39.5 Å². The van der Waals surface area contributed by atoms with Crippen LogP contribution in [0.25, 0.3) is 0 Å². The number of carbonyl (C=O) groups excluding carboxylic acids is 1. The minimum atomic E-state index is -0.268. The van der Waals surface area contributed by atoms with Gasteiger partial charge in [-0.25, -0.2) is 4.79 Å². The van der Waals surface area contributed by atoms with Crippen LogP contribution in [-0.4, -0.2) is 13.1 Å². The van der Waals surface area contributed by atoms with Crippen molar-refractivity contribution in [2.24, 2.45) is 5.73 Å². The van der Waals surface area contributed by atoms with E-state index in [1.807, 2.05) is 19.1 Å². The second-order valence-corrected chi connectivity index (χ2v) is 3.94. The van der Waals surface area contributed by atoms with E-state index in [4.69, 9.17) is 10.5 Å². The summed E-state index contributed by atoms with van der Waals surface area (Å²) in [4.78, 5) is 11.5. The molecule has 15 heavy (non-hydrogen) atoms. The SMILES string of the molecule is COC(=O)c1ccc2c(c1C)CC[C@@H]2N. The summed E-state index contributed by atoms with van der Waals surface area (Å²) < 4.78 is 4.73. The van der Waals surface area contributed by atoms with Crippen molar-refractivity contribution in [2.75, 3.05) is 7.11 Å². The summed E-state index contributed by atoms with van der Waals surface area (Å²) in [6, 6.07) is 3.89. The summed E-state index contributed by atoms with van der Waals surface area (Å²) in [5, 5.41) is 0. The fourth-order valence-corrected chi connectivity index (χ4v) is 2.24. The van der Waals surface area contributed by atoms with Gasteiger partial charge in [0, 0.05) is 6.04 Å². The van der Waals surface area contributed by atoms with E-state index < -0.39 is 0 Å². The summed E-state index contributed by atoms with van der Waals surface area (Å²) >= 11 is 0. The van der Waals surface area contributed by atoms with Gasteiger partial charge in [-0.1, -0.05) is 6.07 Å². The predicted octanol–water partition coefficient (Wildman–Crippen LogP) is 1.73. The minimum Gasteiger partial charge on any atom is -0.465 e. The van der Waals surface area contributed by atoms with Crippen LogP contribution in [-0.2, 0) is 11.2 Å². The lowest BCUT2D eigenvalue weighted by Gasteiger charge is -2.10. The van der Waals surface area contributed by atoms with E-state index in [1.165, 1.54) is 18.2 Å². The Morgan fingerprint density at radius 2 is 2.27 bits per heavy atom. The highest BCUT2D eigenvalue weighted by atomic mass is 16.5. The van der Waals surface area contributed by atoms with Gasteiger partial charge in [0.2, 0.25) is 0 Å². The Labute approximate surface area is 89.2 Å². The maximum Gasteiger partial charge on any atom is 0.338 e. The summed E-state index contributed by atoms with van der Waals surface area (Å²) in [5.74, 6) is -0.268. The first-order valence-corrected chi connectivity index (χ1v) is 5.11. The van der Waals surface area contributed by atoms with Crippen molar-refractivity contribution in [3.8, 4) is 0 Å². The monoisotopic (exact) mass is 205 g/mol. The summed E-state index contributed by atoms with van der Waals surface area (Å²) in [6.45, 7) is 1.96. The molecular formula is C12H15NO2. The van der Waals surface area contributed by atoms with Crippen LogP contribution in [0, 0.1) is 6.92 Å². The molecule has 1 aliphatic carbocycles. The lowest BCUT2D eigenvalue weighted by Crippen LogP contribution is -2.08. The summed E-state index contributed by atoms with van der Waals surface area (Å²) in [7, 11) is 1.40. The van der Waals surface area contributed by atoms with Crippen LogP contribution in [0.2, 0.25) is 0 Å². The predicted molar refractivity (Wildman–Crippen MR) is 57.8 cm³/mol. The number of methoxy groups -OCH3 is 1. The van der Waals surface area contributed by atoms with Gasteiger partial charge in [0.05, 0.1) is 12.7 Å². The van der Waals surface area contributed by atoms with E-state index in [-0.39, 0.29) is 12.0 Å². The van der Waals surface area contributed by atoms with Gasteiger partial charge in [0.1, 0.15) is 0 Å². The Hall–Kier alpha value is -1.35. The molecule has 0 spiro atoms. The van der Waals surface area contributed by atoms with Crippen LogP contribution in [0.15, 0.2) is 12.1 Å². The number of hydrogen-bond acceptors (Lipinski definition) is 3. The molecular weight excluding hydrogens is 190 g/mol. The van der Waals surface area contributed by atoms with Crippen molar-refractivity contribution < 1.29 is 9.53 Å². The van der Waals surface area contributed by atoms with E-state index >= 15 is 0 Å². The number of hydrogen-bond donors (Lipinski definition) is 1. The van der Waals surface area contributed by atoms with E-state index in [2.05, 4.69) is 0 Å². The van der Waals surface area contributed by atoms with Crippen LogP contribution < -0.4 is 5.73 Å². The van der Waals surface area contributed by atoms with Gasteiger partial charge in [-0.3, -0.25) is 0 Å². The topological polar surface area (TPSA) is 52.3 Å². The summed E-state index contributed by atoms with van der Waals surface area (Å²) in [6.07, 6.45) is 1.94. The maximum absolute atomic E-state index is 11.5. The molecule has 80 valence electrons. The molecule has 1 aromatic rings. The van der Waals surface area contributed by atoms with Crippen molar-refractivity contribution in [3.63, 3.8) is 0 Å². The Balaban J connectivity index is 2.51. The molecule has 2 rings (SSSR count). The van der Waals surface area contributed by atoms with Gasteiger partial charge >= 0.3 is 5.97 Å². The first-order valence-electron chi connectivity index (χ1n) is 5.11. The molecule has 0 saturated heterocycles. The highest BCUT2D eigenvalue weighted by Gasteiger charge is 2.23. The van der Waals surface area contributed by atoms with E-state index in [0.29, 0.717) is 5.56 Å². The third kappa shape index (κ3) is 1.53. The van der Waals surface area contributed by atoms with Crippen molar-refractivity contribution in [2.45, 2.75) is 25.8 Å². The molecule has 3 heteroatoms. The molecule has 0 radical (unpaired) electrons. The van der Waals surface area contributed by atoms with Gasteiger partial charge in [-0.05, 0) is 42.5 Å². The number of esters is 1. The van der Waals surface area contributed by atoms with Crippen molar-refractivity contribution in [1.82, 2.24) is 0 Å². The van der Waals surface area contributed by atoms with Crippen molar-refractivity contribution in [1.29, 1.82) is 0 Å². The number of carbonyl (C=O) groups is 1. The molecule has 1 atom stereocenters. The fraction of sp³-hybridized carbons (Fsp3) is 0.417. The van der Waals surface area contributed by atoms with Gasteiger partial charge in [0.25, 0.3) is 0 Å². The van der Waals surface area contributed by atoms with E-state index in [1.54, 1.807) is 0 Å². The van der Waals surface area contributed by atoms with Crippen molar-refractivity contribution >= 4 is 5.97 Å². The fourth-order valence-electron chi connectivity index (χ4n) is 2.24. The molecule has 3 nitrogen and oxygen atoms in total. The first kappa shape index (κ1) is 10.2. The molecule has 1 aromatic carbocycles. The van der Waals surface area contributed by atoms with Gasteiger partial charge in [0.15, 0.2) is 0 Å². The van der Waals surface area contributed by atoms with Crippen LogP contribution in [0.4, 0.5) is 0 Å². The zero-order valence-electron chi connectivity index (χ0n) is 9.04. The average molecular weight is 205 g/mol. The number of nitrogens with two attached hydrogens (primary N) is 1. The quantitative estimate of drug-likeness (QED) is 0.710. The lowest BCUT2D eigenvalue weighted by molar-refractivity contribution is 0.0600. The van der Waals surface area contributed by atoms with E-state index in [9.17, 15) is 4.79 Å². The minimum absolute atomic E-state index is 0.130. The maximum atomic E-state index is 11.5. The zero-order chi connectivity index (χ0) is 11.0. The number of ether oxygens (including phenoxy) is 1. The molecule has 0 fully saturated rings. The molecule has 2 N–H and O–H groups in total. The molecule has 0 bridgehead atoms. The highest BCUT2D eigenvalue weighted by Crippen LogP contribution is 2.33. The Bertz CT molecular complexity index is 412. The molecule has 0 heterocycles.